The lowest BCUT2D eigenvalue weighted by Gasteiger charge is -2.34. The molecule has 2 aliphatic heterocycles. The van der Waals surface area contributed by atoms with E-state index >= 15 is 0 Å². The summed E-state index contributed by atoms with van der Waals surface area (Å²) in [7, 11) is 0. The number of halogens is 1. The van der Waals surface area contributed by atoms with E-state index < -0.39 is 5.54 Å². The molecule has 5 rings (SSSR count). The van der Waals surface area contributed by atoms with E-state index in [1.807, 2.05) is 24.8 Å². The fourth-order valence-corrected chi connectivity index (χ4v) is 4.71. The zero-order valence-electron chi connectivity index (χ0n) is 16.9. The van der Waals surface area contributed by atoms with Crippen molar-refractivity contribution in [3.8, 4) is 5.69 Å². The zero-order chi connectivity index (χ0) is 20.9. The summed E-state index contributed by atoms with van der Waals surface area (Å²) in [6.45, 7) is 4.91. The summed E-state index contributed by atoms with van der Waals surface area (Å²) in [5, 5.41) is 8.34. The Balaban J connectivity index is 1.53. The first-order chi connectivity index (χ1) is 14.5. The van der Waals surface area contributed by atoms with Gasteiger partial charge in [-0.3, -0.25) is 9.69 Å². The molecule has 2 aliphatic rings. The summed E-state index contributed by atoms with van der Waals surface area (Å²) in [4.78, 5) is 27.1. The number of hydrogen-bond acceptors (Lipinski definition) is 6. The second-order valence-corrected chi connectivity index (χ2v) is 8.00. The van der Waals surface area contributed by atoms with Crippen LogP contribution in [0.2, 0.25) is 0 Å². The number of benzene rings is 1. The van der Waals surface area contributed by atoms with Gasteiger partial charge in [-0.2, -0.15) is 10.2 Å². The molecule has 1 atom stereocenters. The molecule has 0 aliphatic carbocycles. The van der Waals surface area contributed by atoms with Crippen molar-refractivity contribution in [2.45, 2.75) is 38.6 Å². The maximum Gasteiger partial charge on any atom is 0.233 e. The molecule has 30 heavy (non-hydrogen) atoms. The Kier molecular flexibility index (Phi) is 4.27. The van der Waals surface area contributed by atoms with Gasteiger partial charge in [-0.25, -0.2) is 14.4 Å². The molecule has 0 N–H and O–H groups in total. The van der Waals surface area contributed by atoms with Gasteiger partial charge in [-0.15, -0.1) is 4.80 Å². The number of rotatable bonds is 3. The Morgan fingerprint density at radius 2 is 1.80 bits per heavy atom. The molecule has 2 saturated heterocycles. The largest absolute Gasteiger partial charge is 0.365 e. The van der Waals surface area contributed by atoms with E-state index in [1.165, 1.54) is 10.9 Å². The van der Waals surface area contributed by atoms with Gasteiger partial charge >= 0.3 is 0 Å². The van der Waals surface area contributed by atoms with Crippen LogP contribution in [0.25, 0.3) is 5.69 Å². The van der Waals surface area contributed by atoms with Gasteiger partial charge in [0.25, 0.3) is 0 Å². The molecule has 3 aromatic rings. The minimum Gasteiger partial charge on any atom is -0.365 e. The van der Waals surface area contributed by atoms with Crippen LogP contribution in [0.5, 0.6) is 0 Å². The molecule has 2 fully saturated rings. The van der Waals surface area contributed by atoms with Crippen LogP contribution in [0.4, 0.5) is 16.0 Å². The van der Waals surface area contributed by atoms with Gasteiger partial charge in [0.1, 0.15) is 17.2 Å². The summed E-state index contributed by atoms with van der Waals surface area (Å²) < 4.78 is 15.0. The summed E-state index contributed by atoms with van der Waals surface area (Å²) in [5.41, 5.74) is 2.22. The predicted molar refractivity (Wildman–Crippen MR) is 109 cm³/mol. The van der Waals surface area contributed by atoms with Crippen LogP contribution in [-0.2, 0) is 4.79 Å². The molecular formula is C21H22FN7O. The highest BCUT2D eigenvalue weighted by atomic mass is 19.1. The maximum absolute atomic E-state index is 15.0. The predicted octanol–water partition coefficient (Wildman–Crippen LogP) is 2.59. The van der Waals surface area contributed by atoms with Crippen molar-refractivity contribution in [2.75, 3.05) is 22.9 Å². The van der Waals surface area contributed by atoms with Crippen LogP contribution in [0.3, 0.4) is 0 Å². The molecule has 9 heteroatoms. The molecule has 8 nitrogen and oxygen atoms in total. The Morgan fingerprint density at radius 1 is 1.07 bits per heavy atom. The number of hydrogen-bond donors (Lipinski definition) is 0. The van der Waals surface area contributed by atoms with Gasteiger partial charge in [-0.05, 0) is 44.9 Å². The standard InChI is InChI=1S/C21H22FN7O/c1-14-12-15(2)26-20(25-14)28-18(30)6-7-21(28)8-11-27(13-21)19-16(22)4-3-5-17(19)29-23-9-10-24-29/h3-5,9-10,12H,6-8,11,13H2,1-2H3. The minimum atomic E-state index is -0.450. The fourth-order valence-electron chi connectivity index (χ4n) is 4.71. The SMILES string of the molecule is Cc1cc(C)nc(N2C(=O)CCC23CCN(c2c(F)cccc2-n2nccn2)C3)n1. The first kappa shape index (κ1) is 18.7. The van der Waals surface area contributed by atoms with Crippen LogP contribution in [0.15, 0.2) is 36.7 Å². The first-order valence-corrected chi connectivity index (χ1v) is 10.0. The minimum absolute atomic E-state index is 0.0179. The van der Waals surface area contributed by atoms with E-state index in [2.05, 4.69) is 20.2 Å². The van der Waals surface area contributed by atoms with Gasteiger partial charge < -0.3 is 4.90 Å². The number of carbonyl (C=O) groups excluding carboxylic acids is 1. The second kappa shape index (κ2) is 6.86. The third-order valence-electron chi connectivity index (χ3n) is 5.95. The number of nitrogens with zero attached hydrogens (tertiary/aromatic N) is 7. The lowest BCUT2D eigenvalue weighted by atomic mass is 9.95. The molecule has 0 bridgehead atoms. The molecule has 0 radical (unpaired) electrons. The molecule has 154 valence electrons. The maximum atomic E-state index is 15.0. The third kappa shape index (κ3) is 2.92. The van der Waals surface area contributed by atoms with Crippen LogP contribution in [-0.4, -0.2) is 49.5 Å². The van der Waals surface area contributed by atoms with E-state index in [0.29, 0.717) is 43.3 Å². The van der Waals surface area contributed by atoms with E-state index in [9.17, 15) is 9.18 Å². The molecular weight excluding hydrogens is 385 g/mol. The van der Waals surface area contributed by atoms with Crippen LogP contribution in [0, 0.1) is 19.7 Å². The van der Waals surface area contributed by atoms with Crippen molar-refractivity contribution in [3.05, 3.63) is 53.9 Å². The monoisotopic (exact) mass is 407 g/mol. The summed E-state index contributed by atoms with van der Waals surface area (Å²) in [6, 6.07) is 6.78. The molecule has 1 amide bonds. The van der Waals surface area contributed by atoms with Gasteiger partial charge in [0.05, 0.1) is 17.9 Å². The molecule has 1 unspecified atom stereocenters. The Morgan fingerprint density at radius 3 is 2.53 bits per heavy atom. The highest BCUT2D eigenvalue weighted by Crippen LogP contribution is 2.43. The fraction of sp³-hybridized carbons (Fsp3) is 0.381. The van der Waals surface area contributed by atoms with Gasteiger partial charge in [0.2, 0.25) is 11.9 Å². The number of aromatic nitrogens is 5. The first-order valence-electron chi connectivity index (χ1n) is 10.0. The number of amides is 1. The van der Waals surface area contributed by atoms with Crippen molar-refractivity contribution in [2.24, 2.45) is 0 Å². The topological polar surface area (TPSA) is 80.0 Å². The molecule has 1 aromatic carbocycles. The normalized spacial score (nSPS) is 21.2. The Labute approximate surface area is 173 Å². The van der Waals surface area contributed by atoms with Crippen molar-refractivity contribution in [1.82, 2.24) is 25.0 Å². The molecule has 0 saturated carbocycles. The second-order valence-electron chi connectivity index (χ2n) is 8.00. The van der Waals surface area contributed by atoms with Gasteiger partial charge in [0.15, 0.2) is 0 Å². The van der Waals surface area contributed by atoms with Crippen molar-refractivity contribution in [3.63, 3.8) is 0 Å². The van der Waals surface area contributed by atoms with E-state index in [1.54, 1.807) is 29.4 Å². The number of aryl methyl sites for hydroxylation is 2. The van der Waals surface area contributed by atoms with Crippen LogP contribution < -0.4 is 9.80 Å². The van der Waals surface area contributed by atoms with Crippen LogP contribution >= 0.6 is 0 Å². The van der Waals surface area contributed by atoms with Gasteiger partial charge in [-0.1, -0.05) is 6.07 Å². The zero-order valence-corrected chi connectivity index (χ0v) is 16.9. The highest BCUT2D eigenvalue weighted by molar-refractivity contribution is 5.96. The van der Waals surface area contributed by atoms with Crippen molar-refractivity contribution >= 4 is 17.5 Å². The smallest absolute Gasteiger partial charge is 0.233 e. The van der Waals surface area contributed by atoms with Crippen molar-refractivity contribution < 1.29 is 9.18 Å². The Bertz CT molecular complexity index is 1100. The number of carbonyl (C=O) groups is 1. The number of anilines is 2. The lowest BCUT2D eigenvalue weighted by Crippen LogP contribution is -2.49. The third-order valence-corrected chi connectivity index (χ3v) is 5.95. The molecule has 1 spiro atoms. The van der Waals surface area contributed by atoms with E-state index in [0.717, 1.165) is 17.8 Å². The molecule has 2 aromatic heterocycles. The van der Waals surface area contributed by atoms with Crippen LogP contribution in [0.1, 0.15) is 30.7 Å². The average molecular weight is 407 g/mol. The summed E-state index contributed by atoms with van der Waals surface area (Å²) in [6.07, 6.45) is 4.98. The van der Waals surface area contributed by atoms with E-state index in [-0.39, 0.29) is 11.7 Å². The summed E-state index contributed by atoms with van der Waals surface area (Å²) >= 11 is 0. The summed E-state index contributed by atoms with van der Waals surface area (Å²) in [5.74, 6) is 0.129. The average Bonchev–Trinajstić information content (AvgIpc) is 3.43. The quantitative estimate of drug-likeness (QED) is 0.664. The highest BCUT2D eigenvalue weighted by Gasteiger charge is 2.52. The van der Waals surface area contributed by atoms with Gasteiger partial charge in [0, 0.05) is 30.9 Å². The number of para-hydroxylation sites is 1. The van der Waals surface area contributed by atoms with E-state index in [4.69, 9.17) is 0 Å². The lowest BCUT2D eigenvalue weighted by molar-refractivity contribution is -0.117. The molecule has 4 heterocycles. The van der Waals surface area contributed by atoms with Crippen molar-refractivity contribution in [1.29, 1.82) is 0 Å². The Hall–Kier alpha value is -3.36.